The summed E-state index contributed by atoms with van der Waals surface area (Å²) in [5.74, 6) is -0.179. The molecule has 2 rings (SSSR count). The second-order valence-corrected chi connectivity index (χ2v) is 5.00. The largest absolute Gasteiger partial charge is 0.573 e. The molecule has 1 aliphatic heterocycles. The Bertz CT molecular complexity index is 465. The molecule has 0 N–H and O–H groups in total. The van der Waals surface area contributed by atoms with Crippen LogP contribution in [-0.2, 0) is 6.54 Å². The van der Waals surface area contributed by atoms with Crippen molar-refractivity contribution in [1.29, 1.82) is 0 Å². The molecular weight excluding hydrogens is 267 g/mol. The second-order valence-electron chi connectivity index (χ2n) is 5.00. The van der Waals surface area contributed by atoms with Gasteiger partial charge in [0.1, 0.15) is 5.75 Å². The molecule has 1 heterocycles. The molecule has 2 nitrogen and oxygen atoms in total. The van der Waals surface area contributed by atoms with Gasteiger partial charge in [0.25, 0.3) is 0 Å². The molecule has 1 aromatic rings. The summed E-state index contributed by atoms with van der Waals surface area (Å²) < 4.78 is 40.9. The first-order chi connectivity index (χ1) is 9.46. The molecule has 1 fully saturated rings. The Morgan fingerprint density at radius 1 is 1.15 bits per heavy atom. The molecule has 0 amide bonds. The molecule has 0 bridgehead atoms. The number of alkyl halides is 3. The van der Waals surface area contributed by atoms with Gasteiger partial charge in [0, 0.05) is 6.54 Å². The van der Waals surface area contributed by atoms with Gasteiger partial charge in [-0.05, 0) is 49.2 Å². The summed E-state index contributed by atoms with van der Waals surface area (Å²) in [4.78, 5) is 2.25. The lowest BCUT2D eigenvalue weighted by Crippen LogP contribution is -2.29. The van der Waals surface area contributed by atoms with Crippen LogP contribution in [0.15, 0.2) is 24.8 Å². The van der Waals surface area contributed by atoms with Crippen molar-refractivity contribution in [1.82, 2.24) is 4.90 Å². The normalized spacial score (nSPS) is 16.9. The molecule has 0 saturated carbocycles. The number of halogens is 3. The number of rotatable bonds is 4. The Morgan fingerprint density at radius 3 is 2.45 bits per heavy atom. The van der Waals surface area contributed by atoms with Crippen molar-refractivity contribution in [3.05, 3.63) is 35.9 Å². The first kappa shape index (κ1) is 14.9. The monoisotopic (exact) mass is 285 g/mol. The summed E-state index contributed by atoms with van der Waals surface area (Å²) >= 11 is 0. The number of hydrogen-bond acceptors (Lipinski definition) is 2. The third-order valence-corrected chi connectivity index (χ3v) is 3.31. The third-order valence-electron chi connectivity index (χ3n) is 3.31. The number of piperidine rings is 1. The molecule has 0 radical (unpaired) electrons. The quantitative estimate of drug-likeness (QED) is 0.821. The highest BCUT2D eigenvalue weighted by atomic mass is 19.4. The molecular formula is C15H18F3NO. The fraction of sp³-hybridized carbons (Fsp3) is 0.467. The van der Waals surface area contributed by atoms with Gasteiger partial charge < -0.3 is 4.74 Å². The van der Waals surface area contributed by atoms with Gasteiger partial charge in [-0.15, -0.1) is 13.2 Å². The smallest absolute Gasteiger partial charge is 0.406 e. The summed E-state index contributed by atoms with van der Waals surface area (Å²) in [7, 11) is 0. The van der Waals surface area contributed by atoms with Gasteiger partial charge >= 0.3 is 6.36 Å². The summed E-state index contributed by atoms with van der Waals surface area (Å²) in [5, 5.41) is 0. The van der Waals surface area contributed by atoms with Crippen molar-refractivity contribution in [3.63, 3.8) is 0 Å². The van der Waals surface area contributed by atoms with Crippen LogP contribution < -0.4 is 4.74 Å². The topological polar surface area (TPSA) is 12.5 Å². The van der Waals surface area contributed by atoms with Crippen LogP contribution in [0.4, 0.5) is 13.2 Å². The maximum atomic E-state index is 12.3. The molecule has 110 valence electrons. The molecule has 20 heavy (non-hydrogen) atoms. The van der Waals surface area contributed by atoms with Gasteiger partial charge in [-0.2, -0.15) is 0 Å². The van der Waals surface area contributed by atoms with Crippen LogP contribution in [0.25, 0.3) is 6.08 Å². The predicted octanol–water partition coefficient (Wildman–Crippen LogP) is 4.21. The van der Waals surface area contributed by atoms with Gasteiger partial charge in [-0.3, -0.25) is 4.90 Å². The van der Waals surface area contributed by atoms with Gasteiger partial charge in [0.05, 0.1) is 0 Å². The second kappa shape index (κ2) is 6.31. The van der Waals surface area contributed by atoms with Crippen LogP contribution in [-0.4, -0.2) is 24.4 Å². The maximum absolute atomic E-state index is 12.3. The highest BCUT2D eigenvalue weighted by Crippen LogP contribution is 2.26. The molecule has 1 saturated heterocycles. The van der Waals surface area contributed by atoms with E-state index >= 15 is 0 Å². The molecule has 5 heteroatoms. The van der Waals surface area contributed by atoms with E-state index in [1.54, 1.807) is 0 Å². The zero-order chi connectivity index (χ0) is 14.6. The number of likely N-dealkylation sites (tertiary alicyclic amines) is 1. The van der Waals surface area contributed by atoms with Crippen molar-refractivity contribution in [2.75, 3.05) is 13.1 Å². The van der Waals surface area contributed by atoms with Crippen LogP contribution in [0.1, 0.15) is 30.4 Å². The SMILES string of the molecule is C=Cc1cc(CN2CCCCC2)cc(OC(F)(F)F)c1. The van der Waals surface area contributed by atoms with Gasteiger partial charge in [-0.25, -0.2) is 0 Å². The number of hydrogen-bond donors (Lipinski definition) is 0. The van der Waals surface area contributed by atoms with Crippen molar-refractivity contribution in [2.45, 2.75) is 32.2 Å². The summed E-state index contributed by atoms with van der Waals surface area (Å²) in [5.41, 5.74) is 1.46. The Morgan fingerprint density at radius 2 is 1.85 bits per heavy atom. The average Bonchev–Trinajstić information content (AvgIpc) is 2.37. The van der Waals surface area contributed by atoms with E-state index in [0.717, 1.165) is 31.5 Å². The van der Waals surface area contributed by atoms with E-state index in [9.17, 15) is 13.2 Å². The van der Waals surface area contributed by atoms with E-state index in [4.69, 9.17) is 0 Å². The number of nitrogens with zero attached hydrogens (tertiary/aromatic N) is 1. The Labute approximate surface area is 116 Å². The van der Waals surface area contributed by atoms with Crippen LogP contribution in [0.2, 0.25) is 0 Å². The number of ether oxygens (including phenoxy) is 1. The molecule has 0 aromatic heterocycles. The molecule has 1 aliphatic rings. The van der Waals surface area contributed by atoms with E-state index in [-0.39, 0.29) is 5.75 Å². The lowest BCUT2D eigenvalue weighted by Gasteiger charge is -2.26. The fourth-order valence-corrected chi connectivity index (χ4v) is 2.46. The van der Waals surface area contributed by atoms with E-state index in [0.29, 0.717) is 12.1 Å². The fourth-order valence-electron chi connectivity index (χ4n) is 2.46. The lowest BCUT2D eigenvalue weighted by molar-refractivity contribution is -0.274. The summed E-state index contributed by atoms with van der Waals surface area (Å²) in [6, 6.07) is 4.65. The molecule has 0 aliphatic carbocycles. The van der Waals surface area contributed by atoms with Crippen LogP contribution in [0, 0.1) is 0 Å². The molecule has 0 spiro atoms. The molecule has 0 unspecified atom stereocenters. The van der Waals surface area contributed by atoms with Gasteiger partial charge in [0.2, 0.25) is 0 Å². The van der Waals surface area contributed by atoms with E-state index in [1.165, 1.54) is 24.6 Å². The van der Waals surface area contributed by atoms with E-state index < -0.39 is 6.36 Å². The maximum Gasteiger partial charge on any atom is 0.573 e. The standard InChI is InChI=1S/C15H18F3NO/c1-2-12-8-13(11-19-6-4-3-5-7-19)10-14(9-12)20-15(16,17)18/h2,8-10H,1,3-7,11H2. The van der Waals surface area contributed by atoms with E-state index in [2.05, 4.69) is 16.2 Å². The van der Waals surface area contributed by atoms with Crippen molar-refractivity contribution >= 4 is 6.08 Å². The highest BCUT2D eigenvalue weighted by molar-refractivity contribution is 5.51. The molecule has 0 atom stereocenters. The lowest BCUT2D eigenvalue weighted by atomic mass is 10.1. The van der Waals surface area contributed by atoms with Crippen molar-refractivity contribution in [3.8, 4) is 5.75 Å². The third kappa shape index (κ3) is 4.56. The summed E-state index contributed by atoms with van der Waals surface area (Å²) in [6.45, 7) is 6.24. The Balaban J connectivity index is 2.14. The minimum Gasteiger partial charge on any atom is -0.406 e. The van der Waals surface area contributed by atoms with Gasteiger partial charge in [-0.1, -0.05) is 25.1 Å². The average molecular weight is 285 g/mol. The Kier molecular flexibility index (Phi) is 4.70. The predicted molar refractivity (Wildman–Crippen MR) is 72.3 cm³/mol. The minimum absolute atomic E-state index is 0.179. The zero-order valence-corrected chi connectivity index (χ0v) is 11.2. The highest BCUT2D eigenvalue weighted by Gasteiger charge is 2.31. The van der Waals surface area contributed by atoms with E-state index in [1.807, 2.05) is 6.07 Å². The van der Waals surface area contributed by atoms with Gasteiger partial charge in [0.15, 0.2) is 0 Å². The Hall–Kier alpha value is -1.49. The summed E-state index contributed by atoms with van der Waals surface area (Å²) in [6.07, 6.45) is 0.386. The number of benzene rings is 1. The first-order valence-corrected chi connectivity index (χ1v) is 6.71. The van der Waals surface area contributed by atoms with Crippen molar-refractivity contribution < 1.29 is 17.9 Å². The minimum atomic E-state index is -4.66. The molecule has 1 aromatic carbocycles. The van der Waals surface area contributed by atoms with Crippen LogP contribution in [0.3, 0.4) is 0 Å². The first-order valence-electron chi connectivity index (χ1n) is 6.71. The van der Waals surface area contributed by atoms with Crippen LogP contribution in [0.5, 0.6) is 5.75 Å². The van der Waals surface area contributed by atoms with Crippen LogP contribution >= 0.6 is 0 Å². The van der Waals surface area contributed by atoms with Crippen molar-refractivity contribution in [2.24, 2.45) is 0 Å². The zero-order valence-electron chi connectivity index (χ0n) is 11.2.